The van der Waals surface area contributed by atoms with Crippen LogP contribution in [0.15, 0.2) is 48.6 Å². The second-order valence-electron chi connectivity index (χ2n) is 26.3. The van der Waals surface area contributed by atoms with E-state index in [4.69, 9.17) is 37.0 Å². The predicted molar refractivity (Wildman–Crippen MR) is 390 cm³/mol. The number of aliphatic hydroxyl groups is 1. The molecule has 562 valence electrons. The Bertz CT molecular complexity index is 2010. The normalized spacial score (nSPS) is 14.2. The van der Waals surface area contributed by atoms with E-state index >= 15 is 0 Å². The molecule has 0 amide bonds. The third-order valence-corrected chi connectivity index (χ3v) is 18.7. The first kappa shape index (κ1) is 93.0. The van der Waals surface area contributed by atoms with Crippen molar-refractivity contribution in [2.45, 2.75) is 380 Å². The number of carbonyl (C=O) groups is 4. The molecule has 5 atom stereocenters. The zero-order chi connectivity index (χ0) is 70.4. The average molecular weight is 1400 g/mol. The molecule has 19 heteroatoms. The number of rotatable bonds is 74. The van der Waals surface area contributed by atoms with E-state index in [0.717, 1.165) is 141 Å². The third kappa shape index (κ3) is 69.5. The van der Waals surface area contributed by atoms with Crippen LogP contribution in [0.25, 0.3) is 0 Å². The molecule has 0 aliphatic heterocycles. The van der Waals surface area contributed by atoms with Gasteiger partial charge in [0.25, 0.3) is 0 Å². The largest absolute Gasteiger partial charge is 0.472 e. The molecule has 0 aromatic heterocycles. The summed E-state index contributed by atoms with van der Waals surface area (Å²) in [7, 11) is -9.93. The Kier molecular flexibility index (Phi) is 68.3. The van der Waals surface area contributed by atoms with E-state index in [1.807, 2.05) is 0 Å². The lowest BCUT2D eigenvalue weighted by Crippen LogP contribution is -2.30. The molecule has 0 spiro atoms. The minimum absolute atomic E-state index is 0.0859. The van der Waals surface area contributed by atoms with Crippen molar-refractivity contribution in [2.75, 3.05) is 39.6 Å². The Labute approximate surface area is 585 Å². The number of esters is 4. The molecule has 5 unspecified atom stereocenters. The van der Waals surface area contributed by atoms with Gasteiger partial charge in [-0.2, -0.15) is 0 Å². The summed E-state index contributed by atoms with van der Waals surface area (Å²) >= 11 is 0. The fourth-order valence-corrected chi connectivity index (χ4v) is 12.4. The molecule has 0 rings (SSSR count). The summed E-state index contributed by atoms with van der Waals surface area (Å²) in [6, 6.07) is 0. The van der Waals surface area contributed by atoms with Gasteiger partial charge in [0, 0.05) is 25.7 Å². The number of carbonyl (C=O) groups excluding carboxylic acids is 4. The summed E-state index contributed by atoms with van der Waals surface area (Å²) in [4.78, 5) is 72.8. The maximum absolute atomic E-state index is 13.1. The molecule has 0 fully saturated rings. The smallest absolute Gasteiger partial charge is 0.462 e. The highest BCUT2D eigenvalue weighted by molar-refractivity contribution is 7.47. The van der Waals surface area contributed by atoms with E-state index in [9.17, 15) is 43.2 Å². The molecule has 0 aliphatic rings. The summed E-state index contributed by atoms with van der Waals surface area (Å²) < 4.78 is 68.4. The van der Waals surface area contributed by atoms with E-state index in [-0.39, 0.29) is 25.7 Å². The standard InChI is InChI=1S/C77H142O17P2/c1-5-9-13-17-21-25-29-31-33-34-35-36-38-40-44-46-50-54-58-62-75(80)88-68-73(94-77(82)64-60-56-52-48-42-28-24-20-16-12-8-4)70-92-96(85,86)90-66-71(78)65-89-95(83,84)91-69-72(93-76(81)63-59-55-51-47-41-27-23-19-15-11-7-3)67-87-74(79)61-57-53-49-45-43-39-37-32-30-26-22-18-14-10-6-2/h20-21,24-25,31,33,35-36,71-73,78H,5-19,22-23,26-30,32,34,37-70H2,1-4H3,(H,83,84)(H,85,86)/b24-20-,25-21-,33-31-,36-35-. The molecule has 17 nitrogen and oxygen atoms in total. The van der Waals surface area contributed by atoms with Gasteiger partial charge in [-0.1, -0.05) is 301 Å². The molecule has 96 heavy (non-hydrogen) atoms. The van der Waals surface area contributed by atoms with Gasteiger partial charge in [0.1, 0.15) is 19.3 Å². The van der Waals surface area contributed by atoms with Crippen molar-refractivity contribution in [1.29, 1.82) is 0 Å². The van der Waals surface area contributed by atoms with E-state index in [1.54, 1.807) is 0 Å². The molecule has 0 radical (unpaired) electrons. The fourth-order valence-electron chi connectivity index (χ4n) is 10.8. The van der Waals surface area contributed by atoms with Gasteiger partial charge in [0.2, 0.25) is 0 Å². The van der Waals surface area contributed by atoms with Crippen LogP contribution in [0, 0.1) is 0 Å². The second-order valence-corrected chi connectivity index (χ2v) is 29.2. The number of aliphatic hydroxyl groups excluding tert-OH is 1. The van der Waals surface area contributed by atoms with Crippen LogP contribution >= 0.6 is 15.6 Å². The van der Waals surface area contributed by atoms with Crippen LogP contribution < -0.4 is 0 Å². The molecule has 0 bridgehead atoms. The van der Waals surface area contributed by atoms with Crippen LogP contribution in [-0.2, 0) is 65.4 Å². The summed E-state index contributed by atoms with van der Waals surface area (Å²) in [6.45, 7) is 4.84. The Hall–Kier alpha value is -2.98. The van der Waals surface area contributed by atoms with Crippen LogP contribution in [0.4, 0.5) is 0 Å². The van der Waals surface area contributed by atoms with Crippen LogP contribution in [0.1, 0.15) is 362 Å². The Morgan fingerprint density at radius 3 is 0.844 bits per heavy atom. The van der Waals surface area contributed by atoms with Crippen LogP contribution in [0.3, 0.4) is 0 Å². The van der Waals surface area contributed by atoms with Gasteiger partial charge in [-0.05, 0) is 83.5 Å². The number of hydrogen-bond acceptors (Lipinski definition) is 15. The zero-order valence-corrected chi connectivity index (χ0v) is 63.1. The van der Waals surface area contributed by atoms with Gasteiger partial charge in [0.15, 0.2) is 12.2 Å². The molecular weight excluding hydrogens is 1260 g/mol. The maximum Gasteiger partial charge on any atom is 0.472 e. The molecule has 0 heterocycles. The van der Waals surface area contributed by atoms with Gasteiger partial charge in [0.05, 0.1) is 26.4 Å². The zero-order valence-electron chi connectivity index (χ0n) is 61.3. The molecule has 0 saturated carbocycles. The van der Waals surface area contributed by atoms with Crippen molar-refractivity contribution in [3.8, 4) is 0 Å². The summed E-state index contributed by atoms with van der Waals surface area (Å²) in [5.41, 5.74) is 0. The highest BCUT2D eigenvalue weighted by Gasteiger charge is 2.30. The summed E-state index contributed by atoms with van der Waals surface area (Å²) in [5, 5.41) is 10.6. The van der Waals surface area contributed by atoms with Crippen molar-refractivity contribution in [2.24, 2.45) is 0 Å². The van der Waals surface area contributed by atoms with Crippen molar-refractivity contribution in [1.82, 2.24) is 0 Å². The van der Waals surface area contributed by atoms with Crippen LogP contribution in [0.2, 0.25) is 0 Å². The lowest BCUT2D eigenvalue weighted by atomic mass is 10.0. The van der Waals surface area contributed by atoms with Crippen molar-refractivity contribution in [3.05, 3.63) is 48.6 Å². The molecule has 3 N–H and O–H groups in total. The van der Waals surface area contributed by atoms with E-state index in [0.29, 0.717) is 25.7 Å². The van der Waals surface area contributed by atoms with E-state index in [2.05, 4.69) is 76.3 Å². The van der Waals surface area contributed by atoms with Crippen molar-refractivity contribution >= 4 is 39.5 Å². The van der Waals surface area contributed by atoms with Crippen molar-refractivity contribution in [3.63, 3.8) is 0 Å². The number of phosphoric ester groups is 2. The molecular formula is C77H142O17P2. The number of phosphoric acid groups is 2. The highest BCUT2D eigenvalue weighted by atomic mass is 31.2. The SMILES string of the molecule is CCCC/C=C\CCCCCCCC(=O)OC(COC(=O)CCCCCCCC/C=C\C/C=C\C/C=C\CCCCC)COP(=O)(O)OCC(O)COP(=O)(O)OCC(COC(=O)CCCCCCCCCCCCCCCCC)OC(=O)CCCCCCCCCCCCC. The predicted octanol–water partition coefficient (Wildman–Crippen LogP) is 22.1. The highest BCUT2D eigenvalue weighted by Crippen LogP contribution is 2.45. The van der Waals surface area contributed by atoms with Gasteiger partial charge >= 0.3 is 39.5 Å². The van der Waals surface area contributed by atoms with Crippen molar-refractivity contribution < 1.29 is 80.2 Å². The van der Waals surface area contributed by atoms with E-state index < -0.39 is 97.5 Å². The van der Waals surface area contributed by atoms with Gasteiger partial charge in [-0.25, -0.2) is 9.13 Å². The average Bonchev–Trinajstić information content (AvgIpc) is 1.13. The molecule has 0 aliphatic carbocycles. The lowest BCUT2D eigenvalue weighted by Gasteiger charge is -2.21. The number of allylic oxidation sites excluding steroid dienone is 8. The first-order valence-corrected chi connectivity index (χ1v) is 41.9. The fraction of sp³-hybridized carbons (Fsp3) is 0.844. The minimum atomic E-state index is -4.97. The topological polar surface area (TPSA) is 237 Å². The number of ether oxygens (including phenoxy) is 4. The van der Waals surface area contributed by atoms with Gasteiger partial charge in [-0.3, -0.25) is 37.3 Å². The Morgan fingerprint density at radius 2 is 0.521 bits per heavy atom. The summed E-state index contributed by atoms with van der Waals surface area (Å²) in [6.07, 6.45) is 66.7. The molecule has 0 aromatic rings. The Balaban J connectivity index is 5.24. The summed E-state index contributed by atoms with van der Waals surface area (Å²) in [5.74, 6) is -2.16. The molecule has 0 saturated heterocycles. The third-order valence-electron chi connectivity index (χ3n) is 16.8. The number of hydrogen-bond donors (Lipinski definition) is 3. The minimum Gasteiger partial charge on any atom is -0.462 e. The Morgan fingerprint density at radius 1 is 0.292 bits per heavy atom. The quantitative estimate of drug-likeness (QED) is 0.0169. The lowest BCUT2D eigenvalue weighted by molar-refractivity contribution is -0.161. The maximum atomic E-state index is 13.1. The van der Waals surface area contributed by atoms with Crippen LogP contribution in [-0.4, -0.2) is 96.7 Å². The van der Waals surface area contributed by atoms with Gasteiger partial charge in [-0.15, -0.1) is 0 Å². The van der Waals surface area contributed by atoms with Crippen LogP contribution in [0.5, 0.6) is 0 Å². The second kappa shape index (κ2) is 70.5. The molecule has 0 aromatic carbocycles. The number of unbranched alkanes of at least 4 members (excludes halogenated alkanes) is 40. The monoisotopic (exact) mass is 1400 g/mol. The first-order valence-electron chi connectivity index (χ1n) is 38.9. The van der Waals surface area contributed by atoms with Gasteiger partial charge < -0.3 is 33.8 Å². The first-order chi connectivity index (χ1) is 46.7. The van der Waals surface area contributed by atoms with E-state index in [1.165, 1.54) is 141 Å².